The van der Waals surface area contributed by atoms with E-state index >= 15 is 0 Å². The number of halogens is 1. The van der Waals surface area contributed by atoms with Crippen LogP contribution >= 0.6 is 11.6 Å². The third kappa shape index (κ3) is 5.99. The molecule has 0 aliphatic rings. The first-order valence-corrected chi connectivity index (χ1v) is 9.59. The molecule has 1 amide bonds. The molecule has 0 aliphatic heterocycles. The summed E-state index contributed by atoms with van der Waals surface area (Å²) >= 11 is 5.92. The summed E-state index contributed by atoms with van der Waals surface area (Å²) < 4.78 is 10.8. The Morgan fingerprint density at radius 1 is 1.04 bits per heavy atom. The third-order valence-corrected chi connectivity index (χ3v) is 4.46. The number of rotatable bonds is 8. The highest BCUT2D eigenvalue weighted by atomic mass is 35.5. The van der Waals surface area contributed by atoms with E-state index in [0.717, 1.165) is 11.3 Å². The van der Waals surface area contributed by atoms with E-state index in [1.807, 2.05) is 36.4 Å². The minimum Gasteiger partial charge on any atom is -0.476 e. The van der Waals surface area contributed by atoms with Crippen molar-refractivity contribution in [2.45, 2.75) is 39.7 Å². The maximum Gasteiger partial charge on any atom is 0.349 e. The first-order chi connectivity index (χ1) is 13.2. The van der Waals surface area contributed by atoms with E-state index in [9.17, 15) is 9.59 Å². The second-order valence-corrected chi connectivity index (χ2v) is 7.31. The Kier molecular flexibility index (Phi) is 7.46. The lowest BCUT2D eigenvalue weighted by Crippen LogP contribution is -2.39. The number of anilines is 1. The Balaban J connectivity index is 2.00. The summed E-state index contributed by atoms with van der Waals surface area (Å²) in [7, 11) is 0. The van der Waals surface area contributed by atoms with Crippen molar-refractivity contribution in [3.8, 4) is 5.75 Å². The van der Waals surface area contributed by atoms with Gasteiger partial charge in [0.05, 0.1) is 6.61 Å². The lowest BCUT2D eigenvalue weighted by Gasteiger charge is -2.24. The van der Waals surface area contributed by atoms with Gasteiger partial charge in [-0.2, -0.15) is 0 Å². The highest BCUT2D eigenvalue weighted by molar-refractivity contribution is 6.30. The van der Waals surface area contributed by atoms with E-state index in [4.69, 9.17) is 21.1 Å². The highest BCUT2D eigenvalue weighted by Crippen LogP contribution is 2.22. The van der Waals surface area contributed by atoms with Gasteiger partial charge in [-0.05, 0) is 69.2 Å². The lowest BCUT2D eigenvalue weighted by atomic mass is 10.1. The predicted octanol–water partition coefficient (Wildman–Crippen LogP) is 4.66. The molecule has 0 saturated heterocycles. The maximum absolute atomic E-state index is 12.0. The minimum absolute atomic E-state index is 0.0292. The zero-order chi connectivity index (χ0) is 20.7. The fraction of sp³-hybridized carbons (Fsp3) is 0.364. The Bertz CT molecular complexity index is 800. The number of carbonyl (C=O) groups excluding carboxylic acids is 2. The van der Waals surface area contributed by atoms with E-state index in [2.05, 4.69) is 0 Å². The molecule has 0 fully saturated rings. The van der Waals surface area contributed by atoms with E-state index in [1.54, 1.807) is 44.7 Å². The number of hydrogen-bond donors (Lipinski definition) is 0. The van der Waals surface area contributed by atoms with Crippen LogP contribution in [0.2, 0.25) is 5.02 Å². The number of carbonyl (C=O) groups is 2. The van der Waals surface area contributed by atoms with Crippen molar-refractivity contribution in [3.63, 3.8) is 0 Å². The van der Waals surface area contributed by atoms with Crippen LogP contribution in [-0.4, -0.2) is 30.6 Å². The molecule has 0 aromatic heterocycles. The Hall–Kier alpha value is -2.53. The number of esters is 1. The van der Waals surface area contributed by atoms with Gasteiger partial charge in [0.25, 0.3) is 0 Å². The Morgan fingerprint density at radius 2 is 1.64 bits per heavy atom. The van der Waals surface area contributed by atoms with E-state index in [1.165, 1.54) is 0 Å². The van der Waals surface area contributed by atoms with Crippen molar-refractivity contribution in [2.75, 3.05) is 18.1 Å². The van der Waals surface area contributed by atoms with Crippen LogP contribution in [0, 0.1) is 0 Å². The largest absolute Gasteiger partial charge is 0.476 e. The van der Waals surface area contributed by atoms with Crippen LogP contribution in [0.25, 0.3) is 0 Å². The molecule has 5 nitrogen and oxygen atoms in total. The van der Waals surface area contributed by atoms with Gasteiger partial charge in [0, 0.05) is 24.2 Å². The molecular weight excluding hydrogens is 378 g/mol. The number of amides is 1. The monoisotopic (exact) mass is 403 g/mol. The topological polar surface area (TPSA) is 55.8 Å². The summed E-state index contributed by atoms with van der Waals surface area (Å²) in [5, 5.41) is 0.633. The average molecular weight is 404 g/mol. The van der Waals surface area contributed by atoms with Gasteiger partial charge < -0.3 is 14.4 Å². The normalized spacial score (nSPS) is 11.0. The van der Waals surface area contributed by atoms with Gasteiger partial charge >= 0.3 is 5.97 Å². The molecule has 2 rings (SSSR count). The van der Waals surface area contributed by atoms with Gasteiger partial charge in [-0.15, -0.1) is 0 Å². The first kappa shape index (κ1) is 21.8. The van der Waals surface area contributed by atoms with Crippen LogP contribution < -0.4 is 9.64 Å². The van der Waals surface area contributed by atoms with Gasteiger partial charge in [0.1, 0.15) is 5.75 Å². The Morgan fingerprint density at radius 3 is 2.18 bits per heavy atom. The predicted molar refractivity (Wildman–Crippen MR) is 111 cm³/mol. The summed E-state index contributed by atoms with van der Waals surface area (Å²) in [4.78, 5) is 25.7. The van der Waals surface area contributed by atoms with Gasteiger partial charge in [-0.3, -0.25) is 4.79 Å². The van der Waals surface area contributed by atoms with Gasteiger partial charge in [0.2, 0.25) is 5.91 Å². The standard InChI is InChI=1S/C22H26ClNO4/c1-5-27-21(26)22(3,4)28-20-12-6-17(7-13-20)14-15-24(16(2)25)19-10-8-18(23)9-11-19/h6-13H,5,14-15H2,1-4H3. The summed E-state index contributed by atoms with van der Waals surface area (Å²) in [5.74, 6) is 0.153. The molecule has 0 saturated carbocycles. The maximum atomic E-state index is 12.0. The SMILES string of the molecule is CCOC(=O)C(C)(C)Oc1ccc(CCN(C(C)=O)c2ccc(Cl)cc2)cc1. The van der Waals surface area contributed by atoms with Crippen LogP contribution in [0.5, 0.6) is 5.75 Å². The molecule has 6 heteroatoms. The van der Waals surface area contributed by atoms with Gasteiger partial charge in [0.15, 0.2) is 5.60 Å². The third-order valence-electron chi connectivity index (χ3n) is 4.21. The molecule has 0 aliphatic carbocycles. The molecule has 0 atom stereocenters. The van der Waals surface area contributed by atoms with Crippen molar-refractivity contribution < 1.29 is 19.1 Å². The Labute approximate surface area is 171 Å². The zero-order valence-corrected chi connectivity index (χ0v) is 17.5. The van der Waals surface area contributed by atoms with Crippen molar-refractivity contribution in [2.24, 2.45) is 0 Å². The fourth-order valence-corrected chi connectivity index (χ4v) is 2.82. The van der Waals surface area contributed by atoms with E-state index in [0.29, 0.717) is 30.3 Å². The van der Waals surface area contributed by atoms with Crippen LogP contribution in [0.3, 0.4) is 0 Å². The lowest BCUT2D eigenvalue weighted by molar-refractivity contribution is -0.158. The zero-order valence-electron chi connectivity index (χ0n) is 16.7. The highest BCUT2D eigenvalue weighted by Gasteiger charge is 2.31. The summed E-state index contributed by atoms with van der Waals surface area (Å²) in [6, 6.07) is 14.7. The molecule has 0 heterocycles. The molecule has 28 heavy (non-hydrogen) atoms. The number of ether oxygens (including phenoxy) is 2. The smallest absolute Gasteiger partial charge is 0.349 e. The van der Waals surface area contributed by atoms with Crippen LogP contribution in [0.4, 0.5) is 5.69 Å². The van der Waals surface area contributed by atoms with E-state index < -0.39 is 11.6 Å². The summed E-state index contributed by atoms with van der Waals surface area (Å²) in [6.45, 7) is 7.52. The molecule has 2 aromatic carbocycles. The van der Waals surface area contributed by atoms with Gasteiger partial charge in [-0.1, -0.05) is 23.7 Å². The van der Waals surface area contributed by atoms with E-state index in [-0.39, 0.29) is 5.91 Å². The molecule has 0 radical (unpaired) electrons. The van der Waals surface area contributed by atoms with Crippen molar-refractivity contribution in [1.29, 1.82) is 0 Å². The molecule has 0 bridgehead atoms. The molecule has 150 valence electrons. The molecule has 0 unspecified atom stereocenters. The molecule has 0 N–H and O–H groups in total. The fourth-order valence-electron chi connectivity index (χ4n) is 2.70. The van der Waals surface area contributed by atoms with Crippen LogP contribution in [-0.2, 0) is 20.7 Å². The van der Waals surface area contributed by atoms with Crippen LogP contribution in [0.15, 0.2) is 48.5 Å². The number of hydrogen-bond acceptors (Lipinski definition) is 4. The molecular formula is C22H26ClNO4. The molecule has 0 spiro atoms. The second-order valence-electron chi connectivity index (χ2n) is 6.87. The van der Waals surface area contributed by atoms with Crippen LogP contribution in [0.1, 0.15) is 33.3 Å². The number of benzene rings is 2. The number of nitrogens with zero attached hydrogens (tertiary/aromatic N) is 1. The summed E-state index contributed by atoms with van der Waals surface area (Å²) in [5.41, 5.74) is 0.812. The average Bonchev–Trinajstić information content (AvgIpc) is 2.64. The molecule has 2 aromatic rings. The van der Waals surface area contributed by atoms with Crippen molar-refractivity contribution >= 4 is 29.2 Å². The van der Waals surface area contributed by atoms with Crippen molar-refractivity contribution in [3.05, 3.63) is 59.1 Å². The van der Waals surface area contributed by atoms with Crippen molar-refractivity contribution in [1.82, 2.24) is 0 Å². The first-order valence-electron chi connectivity index (χ1n) is 9.22. The minimum atomic E-state index is -1.06. The summed E-state index contributed by atoms with van der Waals surface area (Å²) in [6.07, 6.45) is 0.684. The second kappa shape index (κ2) is 9.60. The van der Waals surface area contributed by atoms with Gasteiger partial charge in [-0.25, -0.2) is 4.79 Å². The quantitative estimate of drug-likeness (QED) is 0.601.